The van der Waals surface area contributed by atoms with Crippen LogP contribution in [0, 0.1) is 22.6 Å². The number of amidine groups is 1. The van der Waals surface area contributed by atoms with Gasteiger partial charge < -0.3 is 10.5 Å². The summed E-state index contributed by atoms with van der Waals surface area (Å²) in [5.74, 6) is -1.86. The lowest BCUT2D eigenvalue weighted by molar-refractivity contribution is 0.00695. The van der Waals surface area contributed by atoms with Gasteiger partial charge in [-0.05, 0) is 39.0 Å². The van der Waals surface area contributed by atoms with Crippen LogP contribution in [-0.2, 0) is 4.74 Å². The number of esters is 1. The molecule has 7 nitrogen and oxygen atoms in total. The van der Waals surface area contributed by atoms with Crippen LogP contribution >= 0.6 is 0 Å². The van der Waals surface area contributed by atoms with E-state index in [4.69, 9.17) is 21.1 Å². The average molecular weight is 305 g/mol. The molecular formula is C14H16FN5O2. The number of nitrogens with one attached hydrogen (secondary N) is 2. The van der Waals surface area contributed by atoms with Crippen LogP contribution in [0.4, 0.5) is 10.1 Å². The summed E-state index contributed by atoms with van der Waals surface area (Å²) in [5, 5.41) is 19.3. The second-order valence-corrected chi connectivity index (χ2v) is 5.29. The van der Waals surface area contributed by atoms with Crippen LogP contribution in [-0.4, -0.2) is 23.1 Å². The zero-order chi connectivity index (χ0) is 16.9. The number of hydrogen-bond donors (Lipinski definition) is 3. The van der Waals surface area contributed by atoms with E-state index >= 15 is 0 Å². The first-order chi connectivity index (χ1) is 10.1. The highest BCUT2D eigenvalue weighted by Crippen LogP contribution is 2.19. The summed E-state index contributed by atoms with van der Waals surface area (Å²) in [6.07, 6.45) is 0. The van der Waals surface area contributed by atoms with Crippen LogP contribution < -0.4 is 11.2 Å². The minimum atomic E-state index is -0.683. The van der Waals surface area contributed by atoms with E-state index in [1.54, 1.807) is 26.8 Å². The summed E-state index contributed by atoms with van der Waals surface area (Å²) in [6, 6.07) is 5.12. The smallest absolute Gasteiger partial charge is 0.338 e. The van der Waals surface area contributed by atoms with Crippen molar-refractivity contribution < 1.29 is 13.9 Å². The minimum Gasteiger partial charge on any atom is -0.456 e. The van der Waals surface area contributed by atoms with E-state index in [1.165, 1.54) is 12.1 Å². The van der Waals surface area contributed by atoms with Crippen LogP contribution in [0.15, 0.2) is 23.3 Å². The molecule has 0 aliphatic heterocycles. The van der Waals surface area contributed by atoms with E-state index in [-0.39, 0.29) is 11.3 Å². The maximum Gasteiger partial charge on any atom is 0.338 e. The first-order valence-electron chi connectivity index (χ1n) is 6.25. The Hall–Kier alpha value is -2.95. The van der Waals surface area contributed by atoms with Crippen molar-refractivity contribution in [2.75, 3.05) is 5.43 Å². The van der Waals surface area contributed by atoms with Gasteiger partial charge in [0.25, 0.3) is 0 Å². The van der Waals surface area contributed by atoms with Gasteiger partial charge in [-0.1, -0.05) is 0 Å². The summed E-state index contributed by atoms with van der Waals surface area (Å²) in [7, 11) is 0. The molecule has 22 heavy (non-hydrogen) atoms. The number of halogens is 1. The summed E-state index contributed by atoms with van der Waals surface area (Å²) in [6.45, 7) is 5.14. The normalized spacial score (nSPS) is 11.5. The van der Waals surface area contributed by atoms with Crippen molar-refractivity contribution >= 4 is 23.2 Å². The van der Waals surface area contributed by atoms with Gasteiger partial charge in [0.15, 0.2) is 5.84 Å². The number of hydrazone groups is 1. The maximum atomic E-state index is 13.7. The molecule has 1 rings (SSSR count). The predicted octanol–water partition coefficient (Wildman–Crippen LogP) is 2.01. The molecule has 0 atom stereocenters. The quantitative estimate of drug-likeness (QED) is 0.339. The summed E-state index contributed by atoms with van der Waals surface area (Å²) < 4.78 is 18.8. The molecule has 0 spiro atoms. The Labute approximate surface area is 127 Å². The SMILES string of the molecule is CC(C)(C)OC(=O)c1ccc(F)c(N/N=C(\C#N)C(=N)N)c1. The van der Waals surface area contributed by atoms with Gasteiger partial charge >= 0.3 is 5.97 Å². The molecule has 0 unspecified atom stereocenters. The van der Waals surface area contributed by atoms with Crippen LogP contribution in [0.3, 0.4) is 0 Å². The predicted molar refractivity (Wildman–Crippen MR) is 80.2 cm³/mol. The fourth-order valence-electron chi connectivity index (χ4n) is 1.34. The molecule has 1 aromatic carbocycles. The number of nitrogens with two attached hydrogens (primary N) is 1. The standard InChI is InChI=1S/C14H16FN5O2/c1-14(2,3)22-13(21)8-4-5-9(15)10(6-8)19-20-11(7-16)12(17)18/h4-6,19H,1-3H3,(H3,17,18)/b20-11+. The first kappa shape index (κ1) is 17.1. The van der Waals surface area contributed by atoms with Crippen molar-refractivity contribution in [1.82, 2.24) is 0 Å². The largest absolute Gasteiger partial charge is 0.456 e. The third-order valence-electron chi connectivity index (χ3n) is 2.25. The van der Waals surface area contributed by atoms with E-state index < -0.39 is 28.9 Å². The molecule has 0 amide bonds. The Morgan fingerprint density at radius 3 is 2.64 bits per heavy atom. The minimum absolute atomic E-state index is 0.121. The zero-order valence-corrected chi connectivity index (χ0v) is 12.4. The Kier molecular flexibility index (Phi) is 5.18. The van der Waals surface area contributed by atoms with E-state index in [2.05, 4.69) is 10.5 Å². The van der Waals surface area contributed by atoms with E-state index in [9.17, 15) is 9.18 Å². The number of rotatable bonds is 4. The van der Waals surface area contributed by atoms with Crippen molar-refractivity contribution in [3.05, 3.63) is 29.6 Å². The fraction of sp³-hybridized carbons (Fsp3) is 0.286. The highest BCUT2D eigenvalue weighted by Gasteiger charge is 2.19. The number of hydrogen-bond acceptors (Lipinski definition) is 6. The number of nitriles is 1. The molecule has 0 aliphatic carbocycles. The Balaban J connectivity index is 3.03. The monoisotopic (exact) mass is 305 g/mol. The number of carbonyl (C=O) groups is 1. The van der Waals surface area contributed by atoms with Gasteiger partial charge in [0.2, 0.25) is 5.71 Å². The van der Waals surface area contributed by atoms with E-state index in [0.717, 1.165) is 6.07 Å². The first-order valence-corrected chi connectivity index (χ1v) is 6.25. The van der Waals surface area contributed by atoms with Gasteiger partial charge in [0.05, 0.1) is 11.3 Å². The van der Waals surface area contributed by atoms with Gasteiger partial charge in [0.1, 0.15) is 17.5 Å². The van der Waals surface area contributed by atoms with Crippen molar-refractivity contribution in [3.63, 3.8) is 0 Å². The molecule has 1 aromatic rings. The van der Waals surface area contributed by atoms with Gasteiger partial charge in [-0.15, -0.1) is 0 Å². The van der Waals surface area contributed by atoms with Gasteiger partial charge in [0, 0.05) is 0 Å². The van der Waals surface area contributed by atoms with Gasteiger partial charge in [-0.25, -0.2) is 9.18 Å². The van der Waals surface area contributed by atoms with Gasteiger partial charge in [-0.3, -0.25) is 10.8 Å². The lowest BCUT2D eigenvalue weighted by Gasteiger charge is -2.19. The topological polar surface area (TPSA) is 124 Å². The van der Waals surface area contributed by atoms with Crippen molar-refractivity contribution in [1.29, 1.82) is 10.7 Å². The number of carbonyl (C=O) groups excluding carboxylic acids is 1. The lowest BCUT2D eigenvalue weighted by atomic mass is 10.1. The highest BCUT2D eigenvalue weighted by molar-refractivity contribution is 6.45. The second-order valence-electron chi connectivity index (χ2n) is 5.29. The summed E-state index contributed by atoms with van der Waals surface area (Å²) in [5.41, 5.74) is 6.28. The molecule has 0 bridgehead atoms. The number of benzene rings is 1. The fourth-order valence-corrected chi connectivity index (χ4v) is 1.34. The third kappa shape index (κ3) is 4.86. The van der Waals surface area contributed by atoms with Crippen molar-refractivity contribution in [3.8, 4) is 6.07 Å². The summed E-state index contributed by atoms with van der Waals surface area (Å²) >= 11 is 0. The molecule has 0 radical (unpaired) electrons. The van der Waals surface area contributed by atoms with Crippen LogP contribution in [0.5, 0.6) is 0 Å². The molecule has 0 aromatic heterocycles. The Morgan fingerprint density at radius 1 is 1.50 bits per heavy atom. The molecule has 116 valence electrons. The van der Waals surface area contributed by atoms with Crippen molar-refractivity contribution in [2.45, 2.75) is 26.4 Å². The molecule has 0 saturated carbocycles. The van der Waals surface area contributed by atoms with E-state index in [1.807, 2.05) is 0 Å². The number of nitrogens with zero attached hydrogens (tertiary/aromatic N) is 2. The highest BCUT2D eigenvalue weighted by atomic mass is 19.1. The maximum absolute atomic E-state index is 13.7. The Bertz CT molecular complexity index is 671. The van der Waals surface area contributed by atoms with E-state index in [0.29, 0.717) is 0 Å². The molecule has 0 aliphatic rings. The number of ether oxygens (including phenoxy) is 1. The molecular weight excluding hydrogens is 289 g/mol. The number of anilines is 1. The van der Waals surface area contributed by atoms with Gasteiger partial charge in [-0.2, -0.15) is 10.4 Å². The zero-order valence-electron chi connectivity index (χ0n) is 12.4. The third-order valence-corrected chi connectivity index (χ3v) is 2.25. The molecule has 0 saturated heterocycles. The molecule has 4 N–H and O–H groups in total. The van der Waals surface area contributed by atoms with Crippen LogP contribution in [0.1, 0.15) is 31.1 Å². The molecule has 8 heteroatoms. The lowest BCUT2D eigenvalue weighted by Crippen LogP contribution is -2.24. The molecule has 0 fully saturated rings. The molecule has 0 heterocycles. The van der Waals surface area contributed by atoms with Crippen molar-refractivity contribution in [2.24, 2.45) is 10.8 Å². The average Bonchev–Trinajstić information content (AvgIpc) is 2.38. The Morgan fingerprint density at radius 2 is 2.14 bits per heavy atom. The van der Waals surface area contributed by atoms with Crippen LogP contribution in [0.2, 0.25) is 0 Å². The summed E-state index contributed by atoms with van der Waals surface area (Å²) in [4.78, 5) is 11.9. The second kappa shape index (κ2) is 6.67. The van der Waals surface area contributed by atoms with Crippen LogP contribution in [0.25, 0.3) is 0 Å².